The number of carbonyl (C=O) groups excluding carboxylic acids is 1. The third-order valence-corrected chi connectivity index (χ3v) is 4.68. The molecule has 0 spiro atoms. The monoisotopic (exact) mass is 380 g/mol. The van der Waals surface area contributed by atoms with Gasteiger partial charge in [-0.3, -0.25) is 4.79 Å². The van der Waals surface area contributed by atoms with Gasteiger partial charge < -0.3 is 15.4 Å². The van der Waals surface area contributed by atoms with Crippen molar-refractivity contribution in [3.05, 3.63) is 64.7 Å². The fourth-order valence-corrected chi connectivity index (χ4v) is 3.20. The molecule has 25 heavy (non-hydrogen) atoms. The van der Waals surface area contributed by atoms with E-state index in [4.69, 9.17) is 22.1 Å². The largest absolute Gasteiger partial charge is 0.399 e. The molecule has 2 unspecified atom stereocenters. The van der Waals surface area contributed by atoms with Crippen LogP contribution in [0.5, 0.6) is 0 Å². The molecule has 2 atom stereocenters. The highest BCUT2D eigenvalue weighted by Crippen LogP contribution is 2.30. The highest BCUT2D eigenvalue weighted by Gasteiger charge is 2.31. The molecule has 1 fully saturated rings. The highest BCUT2D eigenvalue weighted by molar-refractivity contribution is 6.31. The molecule has 2 N–H and O–H groups in total. The lowest BCUT2D eigenvalue weighted by molar-refractivity contribution is -0.143. The fraction of sp³-hybridized carbons (Fsp3) is 0.316. The van der Waals surface area contributed by atoms with Gasteiger partial charge >= 0.3 is 0 Å². The normalized spacial score (nSPS) is 20.0. The number of nitrogens with zero attached hydrogens (tertiary/aromatic N) is 1. The summed E-state index contributed by atoms with van der Waals surface area (Å²) < 4.78 is 5.91. The molecule has 1 aliphatic rings. The topological polar surface area (TPSA) is 55.6 Å². The van der Waals surface area contributed by atoms with E-state index in [-0.39, 0.29) is 30.5 Å². The van der Waals surface area contributed by atoms with E-state index in [2.05, 4.69) is 0 Å². The molecule has 3 rings (SSSR count). The molecule has 1 saturated heterocycles. The van der Waals surface area contributed by atoms with Crippen molar-refractivity contribution < 1.29 is 9.53 Å². The molecule has 0 saturated carbocycles. The van der Waals surface area contributed by atoms with Crippen LogP contribution in [-0.4, -0.2) is 30.0 Å². The van der Waals surface area contributed by atoms with E-state index in [0.29, 0.717) is 30.3 Å². The minimum Gasteiger partial charge on any atom is -0.399 e. The lowest BCUT2D eigenvalue weighted by Crippen LogP contribution is -2.48. The van der Waals surface area contributed by atoms with Crippen LogP contribution in [0.15, 0.2) is 48.5 Å². The maximum Gasteiger partial charge on any atom is 0.227 e. The van der Waals surface area contributed by atoms with Gasteiger partial charge in [0.1, 0.15) is 6.10 Å². The molecule has 2 aromatic rings. The van der Waals surface area contributed by atoms with Gasteiger partial charge in [-0.2, -0.15) is 0 Å². The first kappa shape index (κ1) is 19.6. The third-order valence-electron chi connectivity index (χ3n) is 4.34. The Morgan fingerprint density at radius 1 is 1.24 bits per heavy atom. The Kier molecular flexibility index (Phi) is 6.71. The van der Waals surface area contributed by atoms with E-state index in [9.17, 15) is 4.79 Å². The van der Waals surface area contributed by atoms with Crippen molar-refractivity contribution in [2.75, 3.05) is 18.9 Å². The average molecular weight is 381 g/mol. The Labute approximate surface area is 159 Å². The first-order valence-corrected chi connectivity index (χ1v) is 8.42. The van der Waals surface area contributed by atoms with Crippen LogP contribution in [0.4, 0.5) is 5.69 Å². The lowest BCUT2D eigenvalue weighted by Gasteiger charge is -2.38. The summed E-state index contributed by atoms with van der Waals surface area (Å²) in [6.45, 7) is 3.02. The number of ether oxygens (including phenoxy) is 1. The lowest BCUT2D eigenvalue weighted by atomic mass is 10.0. The number of rotatable bonds is 3. The smallest absolute Gasteiger partial charge is 0.227 e. The van der Waals surface area contributed by atoms with Crippen LogP contribution in [0.3, 0.4) is 0 Å². The van der Waals surface area contributed by atoms with Crippen molar-refractivity contribution in [2.45, 2.75) is 25.5 Å². The quantitative estimate of drug-likeness (QED) is 0.822. The number of nitrogen functional groups attached to an aromatic ring is 1. The van der Waals surface area contributed by atoms with Crippen LogP contribution in [0.2, 0.25) is 5.02 Å². The second-order valence-corrected chi connectivity index (χ2v) is 6.56. The summed E-state index contributed by atoms with van der Waals surface area (Å²) in [4.78, 5) is 14.6. The van der Waals surface area contributed by atoms with Crippen LogP contribution < -0.4 is 5.73 Å². The summed E-state index contributed by atoms with van der Waals surface area (Å²) in [5.74, 6) is 0.0904. The standard InChI is InChI=1S/C19H21ClN2O2.ClH/c1-13-12-24-18(16-4-2-3-5-17(16)20)11-22(13)19(23)10-14-6-8-15(21)9-7-14;/h2-9,13,18H,10-12,21H2,1H3;1H. The van der Waals surface area contributed by atoms with E-state index < -0.39 is 0 Å². The van der Waals surface area contributed by atoms with Gasteiger partial charge in [-0.25, -0.2) is 0 Å². The predicted octanol–water partition coefficient (Wildman–Crippen LogP) is 3.88. The van der Waals surface area contributed by atoms with Gasteiger partial charge in [0.15, 0.2) is 0 Å². The molecule has 1 heterocycles. The molecule has 4 nitrogen and oxygen atoms in total. The minimum atomic E-state index is -0.190. The number of halogens is 2. The molecule has 1 amide bonds. The second-order valence-electron chi connectivity index (χ2n) is 6.16. The molecule has 6 heteroatoms. The molecule has 1 aliphatic heterocycles. The fourth-order valence-electron chi connectivity index (χ4n) is 2.94. The Hall–Kier alpha value is -1.75. The number of hydrogen-bond acceptors (Lipinski definition) is 3. The highest BCUT2D eigenvalue weighted by atomic mass is 35.5. The molecule has 0 radical (unpaired) electrons. The molecule has 0 aliphatic carbocycles. The summed E-state index contributed by atoms with van der Waals surface area (Å²) in [6, 6.07) is 15.1. The number of nitrogens with two attached hydrogens (primary N) is 1. The summed E-state index contributed by atoms with van der Waals surface area (Å²) >= 11 is 6.27. The molecular formula is C19H22Cl2N2O2. The Morgan fingerprint density at radius 2 is 1.92 bits per heavy atom. The van der Waals surface area contributed by atoms with Crippen LogP contribution in [0.25, 0.3) is 0 Å². The zero-order chi connectivity index (χ0) is 17.1. The van der Waals surface area contributed by atoms with Gasteiger partial charge in [0.25, 0.3) is 0 Å². The van der Waals surface area contributed by atoms with E-state index >= 15 is 0 Å². The molecule has 0 aromatic heterocycles. The summed E-state index contributed by atoms with van der Waals surface area (Å²) in [5.41, 5.74) is 8.28. The summed E-state index contributed by atoms with van der Waals surface area (Å²) in [6.07, 6.45) is 0.171. The average Bonchev–Trinajstić information content (AvgIpc) is 2.58. The zero-order valence-electron chi connectivity index (χ0n) is 14.0. The van der Waals surface area contributed by atoms with Gasteiger partial charge in [0.05, 0.1) is 25.6 Å². The van der Waals surface area contributed by atoms with E-state index in [1.807, 2.05) is 60.4 Å². The van der Waals surface area contributed by atoms with Crippen molar-refractivity contribution in [1.29, 1.82) is 0 Å². The molecule has 134 valence electrons. The second kappa shape index (κ2) is 8.56. The number of anilines is 1. The van der Waals surface area contributed by atoms with Gasteiger partial charge in [-0.1, -0.05) is 41.9 Å². The Balaban J connectivity index is 0.00000225. The van der Waals surface area contributed by atoms with Crippen LogP contribution >= 0.6 is 24.0 Å². The number of morpholine rings is 1. The maximum absolute atomic E-state index is 12.7. The van der Waals surface area contributed by atoms with E-state index in [0.717, 1.165) is 11.1 Å². The van der Waals surface area contributed by atoms with Gasteiger partial charge in [0.2, 0.25) is 5.91 Å². The number of amides is 1. The van der Waals surface area contributed by atoms with Crippen LogP contribution in [-0.2, 0) is 16.0 Å². The third kappa shape index (κ3) is 4.66. The van der Waals surface area contributed by atoms with Crippen molar-refractivity contribution in [3.63, 3.8) is 0 Å². The van der Waals surface area contributed by atoms with E-state index in [1.54, 1.807) is 0 Å². The van der Waals surface area contributed by atoms with Crippen molar-refractivity contribution >= 4 is 35.6 Å². The molecule has 0 bridgehead atoms. The summed E-state index contributed by atoms with van der Waals surface area (Å²) in [7, 11) is 0. The SMILES string of the molecule is CC1COC(c2ccccc2Cl)CN1C(=O)Cc1ccc(N)cc1.Cl. The Morgan fingerprint density at radius 3 is 2.60 bits per heavy atom. The van der Waals surface area contributed by atoms with Crippen LogP contribution in [0, 0.1) is 0 Å². The predicted molar refractivity (Wildman–Crippen MR) is 103 cm³/mol. The van der Waals surface area contributed by atoms with Crippen molar-refractivity contribution in [3.8, 4) is 0 Å². The van der Waals surface area contributed by atoms with Gasteiger partial charge in [-0.15, -0.1) is 12.4 Å². The maximum atomic E-state index is 12.7. The van der Waals surface area contributed by atoms with Gasteiger partial charge in [-0.05, 0) is 30.7 Å². The number of hydrogen-bond donors (Lipinski definition) is 1. The molecule has 2 aromatic carbocycles. The van der Waals surface area contributed by atoms with Crippen LogP contribution in [0.1, 0.15) is 24.2 Å². The Bertz CT molecular complexity index is 722. The van der Waals surface area contributed by atoms with Gasteiger partial charge in [0, 0.05) is 16.3 Å². The first-order chi connectivity index (χ1) is 11.5. The minimum absolute atomic E-state index is 0. The number of carbonyl (C=O) groups is 1. The van der Waals surface area contributed by atoms with Crippen molar-refractivity contribution in [1.82, 2.24) is 4.90 Å². The first-order valence-electron chi connectivity index (χ1n) is 8.04. The van der Waals surface area contributed by atoms with E-state index in [1.165, 1.54) is 0 Å². The summed E-state index contributed by atoms with van der Waals surface area (Å²) in [5, 5.41) is 0.669. The zero-order valence-corrected chi connectivity index (χ0v) is 15.6. The molecular weight excluding hydrogens is 359 g/mol. The van der Waals surface area contributed by atoms with Crippen molar-refractivity contribution in [2.24, 2.45) is 0 Å². The number of benzene rings is 2.